The Hall–Kier alpha value is -0.780. The van der Waals surface area contributed by atoms with Crippen LogP contribution in [-0.4, -0.2) is 21.1 Å². The number of carbonyl (C=O) groups is 1. The van der Waals surface area contributed by atoms with Crippen molar-refractivity contribution < 1.29 is 17.9 Å². The minimum atomic E-state index is -2.90. The van der Waals surface area contributed by atoms with Gasteiger partial charge in [-0.15, -0.1) is 0 Å². The van der Waals surface area contributed by atoms with E-state index in [-0.39, 0.29) is 12.5 Å². The van der Waals surface area contributed by atoms with Crippen molar-refractivity contribution in [3.05, 3.63) is 0 Å². The van der Waals surface area contributed by atoms with Gasteiger partial charge in [0.15, 0.2) is 0 Å². The Morgan fingerprint density at radius 2 is 2.09 bits per heavy atom. The highest BCUT2D eigenvalue weighted by molar-refractivity contribution is 7.70. The molecule has 0 heterocycles. The van der Waals surface area contributed by atoms with Crippen LogP contribution in [0, 0.1) is 5.92 Å². The molecule has 0 aromatic heterocycles. The van der Waals surface area contributed by atoms with Crippen LogP contribution in [0.3, 0.4) is 0 Å². The van der Waals surface area contributed by atoms with E-state index in [4.69, 9.17) is 0 Å². The van der Waals surface area contributed by atoms with Gasteiger partial charge in [0.05, 0.1) is 6.61 Å². The zero-order valence-electron chi connectivity index (χ0n) is 6.36. The third-order valence-electron chi connectivity index (χ3n) is 0.730. The van der Waals surface area contributed by atoms with Crippen LogP contribution in [0.4, 0.5) is 4.79 Å². The molecule has 0 saturated heterocycles. The molecule has 0 aliphatic heterocycles. The summed E-state index contributed by atoms with van der Waals surface area (Å²) >= 11 is 0. The largest absolute Gasteiger partial charge is 0.449 e. The van der Waals surface area contributed by atoms with E-state index in [9.17, 15) is 13.2 Å². The lowest BCUT2D eigenvalue weighted by molar-refractivity contribution is 0.139. The van der Waals surface area contributed by atoms with Crippen LogP contribution in [0.25, 0.3) is 0 Å². The molecule has 0 spiro atoms. The van der Waals surface area contributed by atoms with Crippen LogP contribution in [0.15, 0.2) is 0 Å². The minimum absolute atomic E-state index is 0.199. The molecule has 0 aliphatic carbocycles. The van der Waals surface area contributed by atoms with E-state index in [1.807, 2.05) is 13.8 Å². The number of hydrogen-bond acceptors (Lipinski definition) is 4. The second-order valence-electron chi connectivity index (χ2n) is 2.36. The van der Waals surface area contributed by atoms with Gasteiger partial charge in [0, 0.05) is 0 Å². The molecule has 0 unspecified atom stereocenters. The van der Waals surface area contributed by atoms with Crippen molar-refractivity contribution in [1.29, 1.82) is 0 Å². The summed E-state index contributed by atoms with van der Waals surface area (Å²) < 4.78 is 25.8. The van der Waals surface area contributed by atoms with Crippen LogP contribution in [0.2, 0.25) is 0 Å². The molecular weight excluding hydrogens is 170 g/mol. The van der Waals surface area contributed by atoms with Crippen LogP contribution < -0.4 is 4.72 Å². The zero-order valence-corrected chi connectivity index (χ0v) is 7.26. The van der Waals surface area contributed by atoms with Crippen LogP contribution in [-0.2, 0) is 15.6 Å². The van der Waals surface area contributed by atoms with Gasteiger partial charge in [-0.25, -0.2) is 17.9 Å². The molecule has 0 aromatic rings. The highest BCUT2D eigenvalue weighted by atomic mass is 32.2. The first-order chi connectivity index (χ1) is 5.02. The van der Waals surface area contributed by atoms with Gasteiger partial charge in [-0.3, -0.25) is 0 Å². The Morgan fingerprint density at radius 1 is 1.55 bits per heavy atom. The molecule has 1 N–H and O–H groups in total. The Kier molecular flexibility index (Phi) is 4.60. The first-order valence-electron chi connectivity index (χ1n) is 3.10. The molecule has 0 aliphatic rings. The molecule has 0 radical (unpaired) electrons. The quantitative estimate of drug-likeness (QED) is 0.596. The molecule has 0 atom stereocenters. The number of ether oxygens (including phenoxy) is 1. The van der Waals surface area contributed by atoms with Gasteiger partial charge in [-0.1, -0.05) is 13.8 Å². The number of thiol groups is 1. The molecular formula is C5H11NO4S. The van der Waals surface area contributed by atoms with Crippen molar-refractivity contribution in [2.75, 3.05) is 6.61 Å². The summed E-state index contributed by atoms with van der Waals surface area (Å²) in [6, 6.07) is 0. The lowest BCUT2D eigenvalue weighted by Crippen LogP contribution is -2.23. The molecule has 5 nitrogen and oxygen atoms in total. The van der Waals surface area contributed by atoms with E-state index >= 15 is 0 Å². The van der Waals surface area contributed by atoms with E-state index in [0.717, 1.165) is 0 Å². The average molecular weight is 181 g/mol. The maximum Gasteiger partial charge on any atom is 0.420 e. The standard InChI is InChI=1S/C5H11NO4S/c1-4(2)3-10-5(7)6-11(8)9/h4,11H,3H2,1-2H3,(H,6,7,8,9). The molecule has 1 amide bonds. The third kappa shape index (κ3) is 7.11. The monoisotopic (exact) mass is 181 g/mol. The molecule has 11 heavy (non-hydrogen) atoms. The molecule has 6 heteroatoms. The SMILES string of the molecule is CC(C)COC(=O)N[SH](=O)=O. The summed E-state index contributed by atoms with van der Waals surface area (Å²) in [6.45, 7) is 3.92. The van der Waals surface area contributed by atoms with Crippen molar-refractivity contribution in [1.82, 2.24) is 4.72 Å². The number of amides is 1. The van der Waals surface area contributed by atoms with Crippen LogP contribution in [0.1, 0.15) is 13.8 Å². The molecule has 0 saturated carbocycles. The first-order valence-corrected chi connectivity index (χ1v) is 4.28. The summed E-state index contributed by atoms with van der Waals surface area (Å²) in [7, 11) is -2.90. The second kappa shape index (κ2) is 4.95. The summed E-state index contributed by atoms with van der Waals surface area (Å²) in [5.41, 5.74) is 0. The fraction of sp³-hybridized carbons (Fsp3) is 0.800. The van der Waals surface area contributed by atoms with Gasteiger partial charge in [0.2, 0.25) is 10.9 Å². The van der Waals surface area contributed by atoms with Crippen molar-refractivity contribution in [3.63, 3.8) is 0 Å². The number of rotatable bonds is 3. The van der Waals surface area contributed by atoms with Crippen LogP contribution in [0.5, 0.6) is 0 Å². The Morgan fingerprint density at radius 3 is 2.45 bits per heavy atom. The summed E-state index contributed by atoms with van der Waals surface area (Å²) in [6.07, 6.45) is -0.921. The Labute approximate surface area is 66.8 Å². The van der Waals surface area contributed by atoms with Gasteiger partial charge in [0.1, 0.15) is 0 Å². The average Bonchev–Trinajstić information content (AvgIpc) is 1.82. The van der Waals surface area contributed by atoms with E-state index in [1.165, 1.54) is 0 Å². The maximum absolute atomic E-state index is 10.4. The van der Waals surface area contributed by atoms with Crippen LogP contribution >= 0.6 is 0 Å². The van der Waals surface area contributed by atoms with Gasteiger partial charge in [-0.05, 0) is 5.92 Å². The van der Waals surface area contributed by atoms with E-state index in [2.05, 4.69) is 4.74 Å². The van der Waals surface area contributed by atoms with E-state index in [1.54, 1.807) is 4.72 Å². The molecule has 66 valence electrons. The Balaban J connectivity index is 3.54. The van der Waals surface area contributed by atoms with Gasteiger partial charge < -0.3 is 4.74 Å². The molecule has 0 rings (SSSR count). The summed E-state index contributed by atoms with van der Waals surface area (Å²) in [4.78, 5) is 10.4. The van der Waals surface area contributed by atoms with Crippen molar-refractivity contribution in [2.24, 2.45) is 5.92 Å². The van der Waals surface area contributed by atoms with E-state index < -0.39 is 17.0 Å². The molecule has 0 aromatic carbocycles. The number of hydrogen-bond donors (Lipinski definition) is 2. The zero-order chi connectivity index (χ0) is 8.85. The second-order valence-corrected chi connectivity index (χ2v) is 3.10. The fourth-order valence-electron chi connectivity index (χ4n) is 0.349. The lowest BCUT2D eigenvalue weighted by Gasteiger charge is -2.04. The normalized spacial score (nSPS) is 10.2. The van der Waals surface area contributed by atoms with Crippen molar-refractivity contribution >= 4 is 17.0 Å². The minimum Gasteiger partial charge on any atom is -0.449 e. The Bertz CT molecular complexity index is 191. The topological polar surface area (TPSA) is 72.5 Å². The van der Waals surface area contributed by atoms with E-state index in [0.29, 0.717) is 0 Å². The first kappa shape index (κ1) is 10.2. The highest BCUT2D eigenvalue weighted by Crippen LogP contribution is 1.91. The molecule has 0 bridgehead atoms. The maximum atomic E-state index is 10.4. The van der Waals surface area contributed by atoms with Gasteiger partial charge >= 0.3 is 6.09 Å². The van der Waals surface area contributed by atoms with Gasteiger partial charge in [-0.2, -0.15) is 0 Å². The van der Waals surface area contributed by atoms with Crippen molar-refractivity contribution in [3.8, 4) is 0 Å². The lowest BCUT2D eigenvalue weighted by atomic mass is 10.2. The number of carbonyl (C=O) groups excluding carboxylic acids is 1. The highest BCUT2D eigenvalue weighted by Gasteiger charge is 2.02. The summed E-state index contributed by atoms with van der Waals surface area (Å²) in [5.74, 6) is 0.199. The molecule has 0 fully saturated rings. The summed E-state index contributed by atoms with van der Waals surface area (Å²) in [5, 5.41) is 0. The predicted octanol–water partition coefficient (Wildman–Crippen LogP) is -0.105. The van der Waals surface area contributed by atoms with Gasteiger partial charge in [0.25, 0.3) is 0 Å². The third-order valence-corrected chi connectivity index (χ3v) is 1.10. The number of nitrogens with one attached hydrogen (secondary N) is 1. The van der Waals surface area contributed by atoms with Crippen molar-refractivity contribution in [2.45, 2.75) is 13.8 Å². The predicted molar refractivity (Wildman–Crippen MR) is 39.6 cm³/mol. The smallest absolute Gasteiger partial charge is 0.420 e. The fourth-order valence-corrected chi connectivity index (χ4v) is 0.563.